The monoisotopic (exact) mass is 354 g/mol. The molecule has 0 spiro atoms. The van der Waals surface area contributed by atoms with Crippen molar-refractivity contribution in [1.82, 2.24) is 5.32 Å². The van der Waals surface area contributed by atoms with E-state index in [2.05, 4.69) is 26.6 Å². The van der Waals surface area contributed by atoms with Gasteiger partial charge in [0.25, 0.3) is 0 Å². The SMILES string of the molecule is O=C(NCc1ccc(Br)cc1)Nc1cccc2ccccc12. The van der Waals surface area contributed by atoms with Crippen LogP contribution in [-0.2, 0) is 6.54 Å². The number of hydrogen-bond donors (Lipinski definition) is 2. The Morgan fingerprint density at radius 3 is 2.45 bits per heavy atom. The molecule has 3 rings (SSSR count). The van der Waals surface area contributed by atoms with Crippen LogP contribution in [0.1, 0.15) is 5.56 Å². The number of carbonyl (C=O) groups excluding carboxylic acids is 1. The second-order valence-corrected chi connectivity index (χ2v) is 5.88. The molecule has 0 aliphatic heterocycles. The standard InChI is InChI=1S/C18H15BrN2O/c19-15-10-8-13(9-11-15)12-20-18(22)21-17-7-3-5-14-4-1-2-6-16(14)17/h1-11H,12H2,(H2,20,21,22). The lowest BCUT2D eigenvalue weighted by Crippen LogP contribution is -2.28. The summed E-state index contributed by atoms with van der Waals surface area (Å²) in [5, 5.41) is 7.91. The van der Waals surface area contributed by atoms with Crippen LogP contribution in [0.25, 0.3) is 10.8 Å². The van der Waals surface area contributed by atoms with Crippen molar-refractivity contribution in [2.24, 2.45) is 0 Å². The number of urea groups is 1. The number of amides is 2. The third-order valence-electron chi connectivity index (χ3n) is 3.40. The zero-order valence-electron chi connectivity index (χ0n) is 11.8. The second kappa shape index (κ2) is 6.62. The smallest absolute Gasteiger partial charge is 0.319 e. The molecule has 0 heterocycles. The lowest BCUT2D eigenvalue weighted by Gasteiger charge is -2.10. The van der Waals surface area contributed by atoms with Crippen molar-refractivity contribution in [2.75, 3.05) is 5.32 Å². The molecule has 2 N–H and O–H groups in total. The fraction of sp³-hybridized carbons (Fsp3) is 0.0556. The average Bonchev–Trinajstić information content (AvgIpc) is 2.55. The van der Waals surface area contributed by atoms with Gasteiger partial charge in [0, 0.05) is 16.4 Å². The summed E-state index contributed by atoms with van der Waals surface area (Å²) < 4.78 is 1.02. The molecule has 0 aliphatic carbocycles. The maximum absolute atomic E-state index is 12.1. The Bertz CT molecular complexity index is 794. The lowest BCUT2D eigenvalue weighted by molar-refractivity contribution is 0.252. The first-order valence-electron chi connectivity index (χ1n) is 6.99. The molecule has 110 valence electrons. The molecule has 3 aromatic carbocycles. The van der Waals surface area contributed by atoms with Crippen LogP contribution in [0.5, 0.6) is 0 Å². The molecular weight excluding hydrogens is 340 g/mol. The van der Waals surface area contributed by atoms with Crippen LogP contribution in [0.3, 0.4) is 0 Å². The van der Waals surface area contributed by atoms with E-state index in [-0.39, 0.29) is 6.03 Å². The van der Waals surface area contributed by atoms with E-state index in [1.165, 1.54) is 0 Å². The molecule has 0 fully saturated rings. The van der Waals surface area contributed by atoms with Crippen LogP contribution in [0.15, 0.2) is 71.2 Å². The Labute approximate surface area is 137 Å². The van der Waals surface area contributed by atoms with Crippen LogP contribution in [0.4, 0.5) is 10.5 Å². The van der Waals surface area contributed by atoms with Gasteiger partial charge in [0.2, 0.25) is 0 Å². The number of nitrogens with one attached hydrogen (secondary N) is 2. The number of fused-ring (bicyclic) bond motifs is 1. The van der Waals surface area contributed by atoms with E-state index in [1.807, 2.05) is 66.7 Å². The van der Waals surface area contributed by atoms with Gasteiger partial charge in [0.1, 0.15) is 0 Å². The van der Waals surface area contributed by atoms with Gasteiger partial charge < -0.3 is 10.6 Å². The molecule has 0 saturated heterocycles. The minimum absolute atomic E-state index is 0.209. The first-order chi connectivity index (χ1) is 10.7. The third kappa shape index (κ3) is 3.46. The molecule has 22 heavy (non-hydrogen) atoms. The molecule has 0 aliphatic rings. The van der Waals surface area contributed by atoms with Crippen LogP contribution in [-0.4, -0.2) is 6.03 Å². The highest BCUT2D eigenvalue weighted by molar-refractivity contribution is 9.10. The quantitative estimate of drug-likeness (QED) is 0.688. The Morgan fingerprint density at radius 1 is 0.909 bits per heavy atom. The zero-order valence-corrected chi connectivity index (χ0v) is 13.4. The van der Waals surface area contributed by atoms with Crippen LogP contribution >= 0.6 is 15.9 Å². The summed E-state index contributed by atoms with van der Waals surface area (Å²) in [7, 11) is 0. The minimum Gasteiger partial charge on any atom is -0.334 e. The lowest BCUT2D eigenvalue weighted by atomic mass is 10.1. The summed E-state index contributed by atoms with van der Waals surface area (Å²) in [6.07, 6.45) is 0. The number of rotatable bonds is 3. The van der Waals surface area contributed by atoms with Crippen LogP contribution in [0.2, 0.25) is 0 Å². The maximum Gasteiger partial charge on any atom is 0.319 e. The average molecular weight is 355 g/mol. The number of hydrogen-bond acceptors (Lipinski definition) is 1. The van der Waals surface area contributed by atoms with Crippen molar-refractivity contribution in [3.63, 3.8) is 0 Å². The highest BCUT2D eigenvalue weighted by atomic mass is 79.9. The number of halogens is 1. The van der Waals surface area contributed by atoms with E-state index in [0.717, 1.165) is 26.5 Å². The topological polar surface area (TPSA) is 41.1 Å². The van der Waals surface area contributed by atoms with Gasteiger partial charge in [-0.3, -0.25) is 0 Å². The van der Waals surface area contributed by atoms with Crippen LogP contribution in [0, 0.1) is 0 Å². The van der Waals surface area contributed by atoms with Gasteiger partial charge >= 0.3 is 6.03 Å². The van der Waals surface area contributed by atoms with Gasteiger partial charge in [-0.25, -0.2) is 4.79 Å². The number of carbonyl (C=O) groups is 1. The summed E-state index contributed by atoms with van der Waals surface area (Å²) in [4.78, 5) is 12.1. The van der Waals surface area contributed by atoms with Crippen molar-refractivity contribution in [3.05, 3.63) is 76.8 Å². The molecule has 3 aromatic rings. The molecule has 4 heteroatoms. The fourth-order valence-corrected chi connectivity index (χ4v) is 2.55. The van der Waals surface area contributed by atoms with E-state index in [0.29, 0.717) is 6.54 Å². The van der Waals surface area contributed by atoms with Crippen molar-refractivity contribution in [3.8, 4) is 0 Å². The summed E-state index contributed by atoms with van der Waals surface area (Å²) in [6, 6.07) is 21.5. The largest absolute Gasteiger partial charge is 0.334 e. The molecule has 0 bridgehead atoms. The van der Waals surface area contributed by atoms with Crippen molar-refractivity contribution < 1.29 is 4.79 Å². The highest BCUT2D eigenvalue weighted by Crippen LogP contribution is 2.22. The highest BCUT2D eigenvalue weighted by Gasteiger charge is 2.05. The summed E-state index contributed by atoms with van der Waals surface area (Å²) in [5.41, 5.74) is 1.86. The zero-order chi connectivity index (χ0) is 15.4. The van der Waals surface area contributed by atoms with Gasteiger partial charge in [-0.05, 0) is 29.1 Å². The third-order valence-corrected chi connectivity index (χ3v) is 3.93. The number of anilines is 1. The molecule has 0 saturated carbocycles. The summed E-state index contributed by atoms with van der Waals surface area (Å²) in [5.74, 6) is 0. The molecule has 0 unspecified atom stereocenters. The van der Waals surface area contributed by atoms with E-state index < -0.39 is 0 Å². The van der Waals surface area contributed by atoms with Gasteiger partial charge in [-0.1, -0.05) is 64.5 Å². The molecular formula is C18H15BrN2O. The van der Waals surface area contributed by atoms with Crippen molar-refractivity contribution >= 4 is 38.4 Å². The van der Waals surface area contributed by atoms with E-state index in [4.69, 9.17) is 0 Å². The van der Waals surface area contributed by atoms with Crippen LogP contribution < -0.4 is 10.6 Å². The fourth-order valence-electron chi connectivity index (χ4n) is 2.29. The summed E-state index contributed by atoms with van der Waals surface area (Å²) >= 11 is 3.39. The van der Waals surface area contributed by atoms with E-state index in [1.54, 1.807) is 0 Å². The molecule has 0 atom stereocenters. The Hall–Kier alpha value is -2.33. The summed E-state index contributed by atoms with van der Waals surface area (Å²) in [6.45, 7) is 0.490. The predicted molar refractivity (Wildman–Crippen MR) is 93.9 cm³/mol. The van der Waals surface area contributed by atoms with Crippen molar-refractivity contribution in [2.45, 2.75) is 6.54 Å². The Morgan fingerprint density at radius 2 is 1.64 bits per heavy atom. The van der Waals surface area contributed by atoms with Crippen molar-refractivity contribution in [1.29, 1.82) is 0 Å². The Balaban J connectivity index is 1.67. The normalized spacial score (nSPS) is 10.4. The second-order valence-electron chi connectivity index (χ2n) is 4.96. The maximum atomic E-state index is 12.1. The predicted octanol–water partition coefficient (Wildman–Crippen LogP) is 4.92. The van der Waals surface area contributed by atoms with Gasteiger partial charge in [0.15, 0.2) is 0 Å². The Kier molecular flexibility index (Phi) is 4.39. The van der Waals surface area contributed by atoms with Gasteiger partial charge in [0.05, 0.1) is 5.69 Å². The number of benzene rings is 3. The molecule has 2 amide bonds. The van der Waals surface area contributed by atoms with E-state index in [9.17, 15) is 4.79 Å². The minimum atomic E-state index is -0.209. The molecule has 0 radical (unpaired) electrons. The first kappa shape index (κ1) is 14.6. The molecule has 3 nitrogen and oxygen atoms in total. The van der Waals surface area contributed by atoms with Gasteiger partial charge in [-0.2, -0.15) is 0 Å². The molecule has 0 aromatic heterocycles. The first-order valence-corrected chi connectivity index (χ1v) is 7.79. The van der Waals surface area contributed by atoms with Gasteiger partial charge in [-0.15, -0.1) is 0 Å². The van der Waals surface area contributed by atoms with E-state index >= 15 is 0 Å².